The van der Waals surface area contributed by atoms with Gasteiger partial charge >= 0.3 is 0 Å². The summed E-state index contributed by atoms with van der Waals surface area (Å²) in [5, 5.41) is 5.73. The summed E-state index contributed by atoms with van der Waals surface area (Å²) in [6.07, 6.45) is 2.22. The zero-order chi connectivity index (χ0) is 17.8. The minimum absolute atomic E-state index is 0.168. The molecule has 5 nitrogen and oxygen atoms in total. The number of aryl methyl sites for hydroxylation is 2. The van der Waals surface area contributed by atoms with E-state index in [0.29, 0.717) is 18.0 Å². The summed E-state index contributed by atoms with van der Waals surface area (Å²) in [4.78, 5) is 16.7. The Hall–Kier alpha value is -1.56. The lowest BCUT2D eigenvalue weighted by atomic mass is 10.2. The third-order valence-electron chi connectivity index (χ3n) is 4.52. The van der Waals surface area contributed by atoms with E-state index in [1.165, 1.54) is 0 Å². The van der Waals surface area contributed by atoms with Crippen LogP contribution in [0.15, 0.2) is 30.5 Å². The van der Waals surface area contributed by atoms with Crippen molar-refractivity contribution in [2.75, 3.05) is 26.2 Å². The quantitative estimate of drug-likeness (QED) is 0.799. The Bertz CT molecular complexity index is 719. The second-order valence-corrected chi connectivity index (χ2v) is 7.14. The molecule has 134 valence electrons. The molecule has 0 atom stereocenters. The van der Waals surface area contributed by atoms with Gasteiger partial charge in [0.05, 0.1) is 10.7 Å². The van der Waals surface area contributed by atoms with Crippen LogP contribution in [0.4, 0.5) is 0 Å². The van der Waals surface area contributed by atoms with E-state index >= 15 is 0 Å². The molecule has 3 rings (SSSR count). The number of aromatic nitrogens is 2. The first-order valence-electron chi connectivity index (χ1n) is 8.46. The monoisotopic (exact) mass is 380 g/mol. The fourth-order valence-corrected chi connectivity index (χ4v) is 3.35. The minimum atomic E-state index is 0.168. The maximum absolute atomic E-state index is 12.4. The predicted molar refractivity (Wildman–Crippen MR) is 99.9 cm³/mol. The Balaban J connectivity index is 1.45. The molecule has 1 aromatic carbocycles. The van der Waals surface area contributed by atoms with E-state index in [-0.39, 0.29) is 5.91 Å². The molecule has 1 fully saturated rings. The van der Waals surface area contributed by atoms with Crippen molar-refractivity contribution in [3.05, 3.63) is 51.8 Å². The van der Waals surface area contributed by atoms with Gasteiger partial charge in [0, 0.05) is 56.9 Å². The first kappa shape index (κ1) is 18.2. The maximum atomic E-state index is 12.4. The van der Waals surface area contributed by atoms with Crippen LogP contribution in [-0.2, 0) is 17.9 Å². The van der Waals surface area contributed by atoms with Gasteiger partial charge in [0.1, 0.15) is 0 Å². The SMILES string of the molecule is Cc1nn(CCC(=O)N2CCN(Cc3ccccc3Cl)CC2)cc1Cl. The first-order valence-corrected chi connectivity index (χ1v) is 9.21. The number of hydrogen-bond donors (Lipinski definition) is 0. The van der Waals surface area contributed by atoms with E-state index in [1.807, 2.05) is 30.0 Å². The van der Waals surface area contributed by atoms with Crippen LogP contribution in [0, 0.1) is 6.92 Å². The van der Waals surface area contributed by atoms with Gasteiger partial charge in [-0.25, -0.2) is 0 Å². The van der Waals surface area contributed by atoms with Crippen LogP contribution >= 0.6 is 23.2 Å². The molecule has 1 aliphatic rings. The molecule has 7 heteroatoms. The van der Waals surface area contributed by atoms with Crippen molar-refractivity contribution in [1.82, 2.24) is 19.6 Å². The molecule has 0 aliphatic carbocycles. The van der Waals surface area contributed by atoms with Crippen LogP contribution in [0.2, 0.25) is 10.0 Å². The standard InChI is InChI=1S/C18H22Cl2N4O/c1-14-17(20)13-24(21-14)7-6-18(25)23-10-8-22(9-11-23)12-15-4-2-3-5-16(15)19/h2-5,13H,6-12H2,1H3. The molecule has 0 saturated carbocycles. The summed E-state index contributed by atoms with van der Waals surface area (Å²) in [6.45, 7) is 6.48. The van der Waals surface area contributed by atoms with Crippen molar-refractivity contribution in [1.29, 1.82) is 0 Å². The molecule has 2 heterocycles. The molecule has 0 bridgehead atoms. The summed E-state index contributed by atoms with van der Waals surface area (Å²) < 4.78 is 1.74. The van der Waals surface area contributed by atoms with Crippen LogP contribution in [0.5, 0.6) is 0 Å². The van der Waals surface area contributed by atoms with Gasteiger partial charge in [0.15, 0.2) is 0 Å². The molecule has 0 N–H and O–H groups in total. The molecular formula is C18H22Cl2N4O. The normalized spacial score (nSPS) is 15.6. The molecule has 1 saturated heterocycles. The zero-order valence-electron chi connectivity index (χ0n) is 14.3. The fraction of sp³-hybridized carbons (Fsp3) is 0.444. The van der Waals surface area contributed by atoms with Crippen molar-refractivity contribution in [3.8, 4) is 0 Å². The molecule has 25 heavy (non-hydrogen) atoms. The van der Waals surface area contributed by atoms with Crippen LogP contribution < -0.4 is 0 Å². The number of hydrogen-bond acceptors (Lipinski definition) is 3. The lowest BCUT2D eigenvalue weighted by Gasteiger charge is -2.35. The smallest absolute Gasteiger partial charge is 0.224 e. The number of halogens is 2. The average Bonchev–Trinajstić information content (AvgIpc) is 2.93. The highest BCUT2D eigenvalue weighted by Gasteiger charge is 2.21. The van der Waals surface area contributed by atoms with Gasteiger partial charge < -0.3 is 4.90 Å². The highest BCUT2D eigenvalue weighted by atomic mass is 35.5. The number of rotatable bonds is 5. The topological polar surface area (TPSA) is 41.4 Å². The van der Waals surface area contributed by atoms with Gasteiger partial charge in [0.2, 0.25) is 5.91 Å². The van der Waals surface area contributed by atoms with Crippen molar-refractivity contribution in [2.45, 2.75) is 26.4 Å². The number of carbonyl (C=O) groups is 1. The van der Waals surface area contributed by atoms with E-state index in [2.05, 4.69) is 16.1 Å². The summed E-state index contributed by atoms with van der Waals surface area (Å²) in [6, 6.07) is 7.91. The van der Waals surface area contributed by atoms with E-state index < -0.39 is 0 Å². The van der Waals surface area contributed by atoms with Gasteiger partial charge in [-0.1, -0.05) is 41.4 Å². The number of benzene rings is 1. The highest BCUT2D eigenvalue weighted by Crippen LogP contribution is 2.18. The lowest BCUT2D eigenvalue weighted by molar-refractivity contribution is -0.133. The second-order valence-electron chi connectivity index (χ2n) is 6.32. The Morgan fingerprint density at radius 3 is 2.48 bits per heavy atom. The van der Waals surface area contributed by atoms with Crippen molar-refractivity contribution >= 4 is 29.1 Å². The molecule has 1 aromatic heterocycles. The molecular weight excluding hydrogens is 359 g/mol. The van der Waals surface area contributed by atoms with Crippen molar-refractivity contribution < 1.29 is 4.79 Å². The number of nitrogens with zero attached hydrogens (tertiary/aromatic N) is 4. The maximum Gasteiger partial charge on any atom is 0.224 e. The number of piperazine rings is 1. The van der Waals surface area contributed by atoms with Gasteiger partial charge in [0.25, 0.3) is 0 Å². The summed E-state index contributed by atoms with van der Waals surface area (Å²) in [5.41, 5.74) is 1.93. The number of carbonyl (C=O) groups excluding carboxylic acids is 1. The largest absolute Gasteiger partial charge is 0.340 e. The Morgan fingerprint density at radius 1 is 1.12 bits per heavy atom. The Kier molecular flexibility index (Phi) is 5.99. The Morgan fingerprint density at radius 2 is 1.84 bits per heavy atom. The summed E-state index contributed by atoms with van der Waals surface area (Å²) >= 11 is 12.2. The summed E-state index contributed by atoms with van der Waals surface area (Å²) in [5.74, 6) is 0.168. The molecule has 0 spiro atoms. The molecule has 0 unspecified atom stereocenters. The third kappa shape index (κ3) is 4.75. The first-order chi connectivity index (χ1) is 12.0. The average molecular weight is 381 g/mol. The van der Waals surface area contributed by atoms with Crippen LogP contribution in [0.1, 0.15) is 17.7 Å². The van der Waals surface area contributed by atoms with E-state index in [9.17, 15) is 4.79 Å². The molecule has 2 aromatic rings. The zero-order valence-corrected chi connectivity index (χ0v) is 15.8. The third-order valence-corrected chi connectivity index (χ3v) is 5.26. The van der Waals surface area contributed by atoms with E-state index in [0.717, 1.165) is 49.0 Å². The Labute approximate surface area is 158 Å². The van der Waals surface area contributed by atoms with Crippen molar-refractivity contribution in [2.24, 2.45) is 0 Å². The van der Waals surface area contributed by atoms with Gasteiger partial charge in [-0.2, -0.15) is 5.10 Å². The fourth-order valence-electron chi connectivity index (χ4n) is 3.00. The molecule has 0 radical (unpaired) electrons. The minimum Gasteiger partial charge on any atom is -0.340 e. The molecule has 1 aliphatic heterocycles. The van der Waals surface area contributed by atoms with Crippen LogP contribution in [-0.4, -0.2) is 51.7 Å². The van der Waals surface area contributed by atoms with Gasteiger partial charge in [-0.15, -0.1) is 0 Å². The van der Waals surface area contributed by atoms with E-state index in [4.69, 9.17) is 23.2 Å². The summed E-state index contributed by atoms with van der Waals surface area (Å²) in [7, 11) is 0. The molecule has 1 amide bonds. The van der Waals surface area contributed by atoms with Crippen LogP contribution in [0.25, 0.3) is 0 Å². The number of amides is 1. The second kappa shape index (κ2) is 8.21. The van der Waals surface area contributed by atoms with Crippen LogP contribution in [0.3, 0.4) is 0 Å². The van der Waals surface area contributed by atoms with Gasteiger partial charge in [-0.05, 0) is 18.6 Å². The predicted octanol–water partition coefficient (Wildman–Crippen LogP) is 3.23. The van der Waals surface area contributed by atoms with E-state index in [1.54, 1.807) is 10.9 Å². The van der Waals surface area contributed by atoms with Gasteiger partial charge in [-0.3, -0.25) is 14.4 Å². The lowest BCUT2D eigenvalue weighted by Crippen LogP contribution is -2.48. The highest BCUT2D eigenvalue weighted by molar-refractivity contribution is 6.31. The van der Waals surface area contributed by atoms with Crippen molar-refractivity contribution in [3.63, 3.8) is 0 Å².